The molecule has 1 aliphatic heterocycles. The van der Waals surface area contributed by atoms with Crippen molar-refractivity contribution in [3.8, 4) is 0 Å². The lowest BCUT2D eigenvalue weighted by molar-refractivity contribution is 0.0339. The van der Waals surface area contributed by atoms with Gasteiger partial charge in [0.2, 0.25) is 0 Å². The van der Waals surface area contributed by atoms with Crippen molar-refractivity contribution in [2.75, 3.05) is 19.8 Å². The molecule has 1 saturated heterocycles. The molecule has 0 bridgehead atoms. The van der Waals surface area contributed by atoms with Crippen molar-refractivity contribution in [3.05, 3.63) is 35.9 Å². The normalized spacial score (nSPS) is 28.7. The SMILES string of the molecule is CC1(c2ccccc2)COCCN1. The summed E-state index contributed by atoms with van der Waals surface area (Å²) in [5, 5.41) is 3.49. The van der Waals surface area contributed by atoms with Crippen LogP contribution in [0, 0.1) is 0 Å². The number of benzene rings is 1. The monoisotopic (exact) mass is 177 g/mol. The molecular weight excluding hydrogens is 162 g/mol. The number of ether oxygens (including phenoxy) is 1. The van der Waals surface area contributed by atoms with Gasteiger partial charge in [0.05, 0.1) is 18.8 Å². The maximum absolute atomic E-state index is 5.48. The average molecular weight is 177 g/mol. The molecule has 1 aliphatic rings. The van der Waals surface area contributed by atoms with Crippen LogP contribution < -0.4 is 5.32 Å². The van der Waals surface area contributed by atoms with Gasteiger partial charge < -0.3 is 10.1 Å². The van der Waals surface area contributed by atoms with E-state index >= 15 is 0 Å². The molecule has 1 aromatic rings. The van der Waals surface area contributed by atoms with Gasteiger partial charge in [-0.15, -0.1) is 0 Å². The third-order valence-corrected chi connectivity index (χ3v) is 2.56. The van der Waals surface area contributed by atoms with E-state index in [9.17, 15) is 0 Å². The second kappa shape index (κ2) is 3.48. The van der Waals surface area contributed by atoms with Gasteiger partial charge in [-0.3, -0.25) is 0 Å². The smallest absolute Gasteiger partial charge is 0.0688 e. The molecule has 1 aromatic carbocycles. The van der Waals surface area contributed by atoms with Gasteiger partial charge in [-0.2, -0.15) is 0 Å². The molecule has 0 spiro atoms. The van der Waals surface area contributed by atoms with E-state index < -0.39 is 0 Å². The molecule has 13 heavy (non-hydrogen) atoms. The van der Waals surface area contributed by atoms with Gasteiger partial charge in [0, 0.05) is 6.54 Å². The first kappa shape index (κ1) is 8.73. The molecule has 1 heterocycles. The van der Waals surface area contributed by atoms with Crippen LogP contribution in [0.4, 0.5) is 0 Å². The Kier molecular flexibility index (Phi) is 2.34. The molecule has 2 rings (SSSR count). The van der Waals surface area contributed by atoms with Crippen molar-refractivity contribution in [2.45, 2.75) is 12.5 Å². The van der Waals surface area contributed by atoms with Crippen LogP contribution in [-0.4, -0.2) is 19.8 Å². The van der Waals surface area contributed by atoms with Crippen molar-refractivity contribution in [1.82, 2.24) is 5.32 Å². The summed E-state index contributed by atoms with van der Waals surface area (Å²) in [6.07, 6.45) is 0. The van der Waals surface area contributed by atoms with Crippen LogP contribution in [-0.2, 0) is 10.3 Å². The van der Waals surface area contributed by atoms with Crippen LogP contribution in [0.25, 0.3) is 0 Å². The first-order valence-electron chi connectivity index (χ1n) is 4.70. The standard InChI is InChI=1S/C11H15NO/c1-11(9-13-8-7-12-11)10-5-3-2-4-6-10/h2-6,12H,7-9H2,1H3. The molecule has 0 saturated carbocycles. The first-order chi connectivity index (χ1) is 6.31. The van der Waals surface area contributed by atoms with Gasteiger partial charge in [0.1, 0.15) is 0 Å². The molecule has 1 unspecified atom stereocenters. The second-order valence-corrected chi connectivity index (χ2v) is 3.68. The van der Waals surface area contributed by atoms with Gasteiger partial charge in [-0.25, -0.2) is 0 Å². The van der Waals surface area contributed by atoms with E-state index in [1.165, 1.54) is 5.56 Å². The summed E-state index contributed by atoms with van der Waals surface area (Å²) >= 11 is 0. The Balaban J connectivity index is 2.23. The summed E-state index contributed by atoms with van der Waals surface area (Å²) in [5.41, 5.74) is 1.30. The quantitative estimate of drug-likeness (QED) is 0.702. The minimum atomic E-state index is -0.000486. The highest BCUT2D eigenvalue weighted by molar-refractivity contribution is 5.24. The van der Waals surface area contributed by atoms with Crippen molar-refractivity contribution < 1.29 is 4.74 Å². The third kappa shape index (κ3) is 1.74. The minimum Gasteiger partial charge on any atom is -0.378 e. The van der Waals surface area contributed by atoms with Crippen molar-refractivity contribution in [1.29, 1.82) is 0 Å². The molecule has 1 atom stereocenters. The van der Waals surface area contributed by atoms with E-state index in [2.05, 4.69) is 36.5 Å². The lowest BCUT2D eigenvalue weighted by Crippen LogP contribution is -2.49. The number of rotatable bonds is 1. The Morgan fingerprint density at radius 2 is 2.08 bits per heavy atom. The number of nitrogens with one attached hydrogen (secondary N) is 1. The van der Waals surface area contributed by atoms with E-state index in [1.807, 2.05) is 6.07 Å². The molecular formula is C11H15NO. The number of hydrogen-bond donors (Lipinski definition) is 1. The molecule has 70 valence electrons. The zero-order valence-electron chi connectivity index (χ0n) is 7.92. The van der Waals surface area contributed by atoms with E-state index in [0.717, 1.165) is 19.8 Å². The Labute approximate surface area is 78.9 Å². The summed E-state index contributed by atoms with van der Waals surface area (Å²) in [6.45, 7) is 4.70. The maximum atomic E-state index is 5.48. The average Bonchev–Trinajstić information content (AvgIpc) is 2.20. The Hall–Kier alpha value is -0.860. The van der Waals surface area contributed by atoms with Crippen LogP contribution >= 0.6 is 0 Å². The third-order valence-electron chi connectivity index (χ3n) is 2.56. The minimum absolute atomic E-state index is 0.000486. The van der Waals surface area contributed by atoms with Crippen molar-refractivity contribution in [3.63, 3.8) is 0 Å². The highest BCUT2D eigenvalue weighted by Crippen LogP contribution is 2.22. The second-order valence-electron chi connectivity index (χ2n) is 3.68. The molecule has 0 radical (unpaired) electrons. The highest BCUT2D eigenvalue weighted by atomic mass is 16.5. The predicted octanol–water partition coefficient (Wildman–Crippen LogP) is 1.52. The Bertz CT molecular complexity index is 265. The number of morpholine rings is 1. The topological polar surface area (TPSA) is 21.3 Å². The number of hydrogen-bond acceptors (Lipinski definition) is 2. The van der Waals surface area contributed by atoms with Gasteiger partial charge in [0.25, 0.3) is 0 Å². The summed E-state index contributed by atoms with van der Waals surface area (Å²) in [4.78, 5) is 0. The molecule has 0 aliphatic carbocycles. The molecule has 0 amide bonds. The van der Waals surface area contributed by atoms with Gasteiger partial charge in [-0.1, -0.05) is 30.3 Å². The molecule has 1 fully saturated rings. The molecule has 2 nitrogen and oxygen atoms in total. The van der Waals surface area contributed by atoms with Crippen LogP contribution in [0.15, 0.2) is 30.3 Å². The molecule has 2 heteroatoms. The summed E-state index contributed by atoms with van der Waals surface area (Å²) < 4.78 is 5.48. The maximum Gasteiger partial charge on any atom is 0.0688 e. The van der Waals surface area contributed by atoms with Crippen LogP contribution in [0.3, 0.4) is 0 Å². The fourth-order valence-corrected chi connectivity index (χ4v) is 1.72. The van der Waals surface area contributed by atoms with E-state index in [-0.39, 0.29) is 5.54 Å². The predicted molar refractivity (Wildman–Crippen MR) is 52.6 cm³/mol. The fourth-order valence-electron chi connectivity index (χ4n) is 1.72. The van der Waals surface area contributed by atoms with E-state index in [0.29, 0.717) is 0 Å². The molecule has 0 aromatic heterocycles. The van der Waals surface area contributed by atoms with E-state index in [1.54, 1.807) is 0 Å². The van der Waals surface area contributed by atoms with Crippen LogP contribution in [0.1, 0.15) is 12.5 Å². The molecule has 1 N–H and O–H groups in total. The van der Waals surface area contributed by atoms with Crippen LogP contribution in [0.2, 0.25) is 0 Å². The zero-order chi connectivity index (χ0) is 9.15. The van der Waals surface area contributed by atoms with Gasteiger partial charge >= 0.3 is 0 Å². The van der Waals surface area contributed by atoms with Gasteiger partial charge in [0.15, 0.2) is 0 Å². The van der Waals surface area contributed by atoms with Crippen LogP contribution in [0.5, 0.6) is 0 Å². The van der Waals surface area contributed by atoms with Crippen molar-refractivity contribution in [2.24, 2.45) is 0 Å². The van der Waals surface area contributed by atoms with Gasteiger partial charge in [-0.05, 0) is 12.5 Å². The Morgan fingerprint density at radius 3 is 2.69 bits per heavy atom. The summed E-state index contributed by atoms with van der Waals surface area (Å²) in [5.74, 6) is 0. The lowest BCUT2D eigenvalue weighted by Gasteiger charge is -2.35. The van der Waals surface area contributed by atoms with Crippen molar-refractivity contribution >= 4 is 0 Å². The first-order valence-corrected chi connectivity index (χ1v) is 4.70. The largest absolute Gasteiger partial charge is 0.378 e. The zero-order valence-corrected chi connectivity index (χ0v) is 7.92. The highest BCUT2D eigenvalue weighted by Gasteiger charge is 2.28. The fraction of sp³-hybridized carbons (Fsp3) is 0.455. The van der Waals surface area contributed by atoms with E-state index in [4.69, 9.17) is 4.74 Å². The Morgan fingerprint density at radius 1 is 1.31 bits per heavy atom. The summed E-state index contributed by atoms with van der Waals surface area (Å²) in [7, 11) is 0. The summed E-state index contributed by atoms with van der Waals surface area (Å²) in [6, 6.07) is 10.5. The lowest BCUT2D eigenvalue weighted by atomic mass is 9.92.